The summed E-state index contributed by atoms with van der Waals surface area (Å²) in [5.41, 5.74) is 2.68. The number of carbonyl (C=O) groups excluding carboxylic acids is 1. The second kappa shape index (κ2) is 9.60. The fourth-order valence-corrected chi connectivity index (χ4v) is 4.08. The highest BCUT2D eigenvalue weighted by Crippen LogP contribution is 2.27. The molecule has 1 N–H and O–H groups in total. The standard InChI is InChI=1S/C22H23N5O4S/c28-20(18-2-1-7-23-19(18)27-8-10-29-11-9-27)24-21-25-26-22(32-21)31-12-15-3-5-16(6-4-15)17-13-30-14-17/h1-7,17H,8-14H2,(H,24,25,28)/i7D. The molecule has 2 aromatic heterocycles. The highest BCUT2D eigenvalue weighted by molar-refractivity contribution is 7.17. The number of amides is 1. The Morgan fingerprint density at radius 2 is 2.00 bits per heavy atom. The first-order chi connectivity index (χ1) is 16.2. The number of carbonyl (C=O) groups is 1. The minimum Gasteiger partial charge on any atom is -0.464 e. The third-order valence-corrected chi connectivity index (χ3v) is 6.12. The Balaban J connectivity index is 1.20. The van der Waals surface area contributed by atoms with Crippen molar-refractivity contribution in [3.05, 3.63) is 59.3 Å². The number of morpholine rings is 1. The number of nitrogens with one attached hydrogen (secondary N) is 1. The molecular weight excluding hydrogens is 430 g/mol. The van der Waals surface area contributed by atoms with Crippen LogP contribution in [0.1, 0.15) is 28.8 Å². The molecule has 2 fully saturated rings. The smallest absolute Gasteiger partial charge is 0.296 e. The van der Waals surface area contributed by atoms with E-state index in [1.54, 1.807) is 6.07 Å². The van der Waals surface area contributed by atoms with E-state index in [2.05, 4.69) is 32.6 Å². The lowest BCUT2D eigenvalue weighted by atomic mass is 9.97. The number of aromatic nitrogens is 3. The lowest BCUT2D eigenvalue weighted by molar-refractivity contribution is 0.00841. The summed E-state index contributed by atoms with van der Waals surface area (Å²) in [6.07, 6.45) is 0.105. The highest BCUT2D eigenvalue weighted by Gasteiger charge is 2.21. The molecule has 9 nitrogen and oxygen atoms in total. The van der Waals surface area contributed by atoms with Crippen LogP contribution in [0.15, 0.2) is 42.6 Å². The molecule has 0 bridgehead atoms. The van der Waals surface area contributed by atoms with E-state index in [0.717, 1.165) is 30.1 Å². The largest absolute Gasteiger partial charge is 0.464 e. The monoisotopic (exact) mass is 454 g/mol. The van der Waals surface area contributed by atoms with Crippen molar-refractivity contribution in [3.63, 3.8) is 0 Å². The predicted molar refractivity (Wildman–Crippen MR) is 119 cm³/mol. The first-order valence-electron chi connectivity index (χ1n) is 10.9. The van der Waals surface area contributed by atoms with Crippen LogP contribution < -0.4 is 15.0 Å². The molecule has 4 heterocycles. The predicted octanol–water partition coefficient (Wildman–Crippen LogP) is 2.71. The molecule has 2 saturated heterocycles. The van der Waals surface area contributed by atoms with Crippen LogP contribution in [0.3, 0.4) is 0 Å². The Kier molecular flexibility index (Phi) is 5.88. The van der Waals surface area contributed by atoms with E-state index >= 15 is 0 Å². The third kappa shape index (κ3) is 4.72. The van der Waals surface area contributed by atoms with Gasteiger partial charge in [-0.3, -0.25) is 10.1 Å². The molecule has 166 valence electrons. The van der Waals surface area contributed by atoms with Crippen LogP contribution in [0, 0.1) is 0 Å². The first kappa shape index (κ1) is 19.6. The van der Waals surface area contributed by atoms with Crippen molar-refractivity contribution in [1.82, 2.24) is 15.2 Å². The number of nitrogens with zero attached hydrogens (tertiary/aromatic N) is 4. The Morgan fingerprint density at radius 3 is 2.75 bits per heavy atom. The van der Waals surface area contributed by atoms with Crippen LogP contribution in [0.5, 0.6) is 5.19 Å². The van der Waals surface area contributed by atoms with Crippen molar-refractivity contribution in [3.8, 4) is 5.19 Å². The molecule has 0 aliphatic carbocycles. The molecular formula is C22H23N5O4S. The minimum absolute atomic E-state index is 0.105. The van der Waals surface area contributed by atoms with Crippen molar-refractivity contribution in [2.45, 2.75) is 12.5 Å². The van der Waals surface area contributed by atoms with Gasteiger partial charge in [0.05, 0.1) is 33.4 Å². The number of anilines is 2. The normalized spacial score (nSPS) is 16.9. The fraction of sp³-hybridized carbons (Fsp3) is 0.364. The number of hydrogen-bond acceptors (Lipinski definition) is 9. The molecule has 0 saturated carbocycles. The first-order valence-corrected chi connectivity index (χ1v) is 11.2. The third-order valence-electron chi connectivity index (χ3n) is 5.37. The molecule has 3 aromatic rings. The summed E-state index contributed by atoms with van der Waals surface area (Å²) < 4.78 is 24.2. The lowest BCUT2D eigenvalue weighted by Gasteiger charge is -2.28. The molecule has 10 heteroatoms. The highest BCUT2D eigenvalue weighted by atomic mass is 32.1. The number of rotatable bonds is 7. The fourth-order valence-electron chi connectivity index (χ4n) is 3.49. The van der Waals surface area contributed by atoms with E-state index in [0.29, 0.717) is 60.5 Å². The second-order valence-corrected chi connectivity index (χ2v) is 8.44. The summed E-state index contributed by atoms with van der Waals surface area (Å²) in [5.74, 6) is 0.606. The van der Waals surface area contributed by atoms with Crippen LogP contribution >= 0.6 is 11.3 Å². The molecule has 0 spiro atoms. The van der Waals surface area contributed by atoms with Crippen molar-refractivity contribution in [2.75, 3.05) is 49.7 Å². The summed E-state index contributed by atoms with van der Waals surface area (Å²) in [5, 5.41) is 11.5. The van der Waals surface area contributed by atoms with Crippen molar-refractivity contribution in [1.29, 1.82) is 0 Å². The molecule has 32 heavy (non-hydrogen) atoms. The van der Waals surface area contributed by atoms with Gasteiger partial charge in [0.1, 0.15) is 12.4 Å². The number of hydrogen-bond donors (Lipinski definition) is 1. The maximum absolute atomic E-state index is 12.9. The van der Waals surface area contributed by atoms with Gasteiger partial charge in [-0.05, 0) is 34.6 Å². The molecule has 0 radical (unpaired) electrons. The summed E-state index contributed by atoms with van der Waals surface area (Å²) in [4.78, 5) is 19.1. The summed E-state index contributed by atoms with van der Waals surface area (Å²) >= 11 is 1.16. The van der Waals surface area contributed by atoms with Gasteiger partial charge in [0.25, 0.3) is 11.1 Å². The Hall–Kier alpha value is -3.08. The summed E-state index contributed by atoms with van der Waals surface area (Å²) in [7, 11) is 0. The van der Waals surface area contributed by atoms with Crippen LogP contribution in [0.4, 0.5) is 10.9 Å². The van der Waals surface area contributed by atoms with Gasteiger partial charge in [0, 0.05) is 25.2 Å². The lowest BCUT2D eigenvalue weighted by Crippen LogP contribution is -2.38. The zero-order valence-electron chi connectivity index (χ0n) is 18.3. The van der Waals surface area contributed by atoms with E-state index in [4.69, 9.17) is 15.6 Å². The van der Waals surface area contributed by atoms with Gasteiger partial charge in [0.2, 0.25) is 5.13 Å². The maximum Gasteiger partial charge on any atom is 0.296 e. The zero-order chi connectivity index (χ0) is 22.6. The van der Waals surface area contributed by atoms with Gasteiger partial charge in [-0.2, -0.15) is 0 Å². The Morgan fingerprint density at radius 1 is 1.19 bits per heavy atom. The van der Waals surface area contributed by atoms with Crippen LogP contribution in [0.25, 0.3) is 0 Å². The van der Waals surface area contributed by atoms with Gasteiger partial charge in [-0.1, -0.05) is 29.4 Å². The quantitative estimate of drug-likeness (QED) is 0.582. The van der Waals surface area contributed by atoms with Gasteiger partial charge in [0.15, 0.2) is 0 Å². The van der Waals surface area contributed by atoms with Crippen LogP contribution in [-0.4, -0.2) is 60.6 Å². The Bertz CT molecular complexity index is 1120. The van der Waals surface area contributed by atoms with Crippen LogP contribution in [0.2, 0.25) is 0 Å². The topological polar surface area (TPSA) is 98.7 Å². The zero-order valence-corrected chi connectivity index (χ0v) is 18.1. The van der Waals surface area contributed by atoms with E-state index in [1.165, 1.54) is 11.6 Å². The molecule has 2 aliphatic rings. The maximum atomic E-state index is 12.9. The molecule has 1 aromatic carbocycles. The number of pyridine rings is 1. The molecule has 0 atom stereocenters. The molecule has 1 amide bonds. The molecule has 0 unspecified atom stereocenters. The number of benzene rings is 1. The SMILES string of the molecule is [2H]c1ccc(C(=O)Nc2nnc(OCc3ccc(C4COC4)cc3)s2)c(N2CCOCC2)n1. The average molecular weight is 455 g/mol. The summed E-state index contributed by atoms with van der Waals surface area (Å²) in [6, 6.07) is 11.4. The van der Waals surface area contributed by atoms with Crippen LogP contribution in [-0.2, 0) is 16.1 Å². The summed E-state index contributed by atoms with van der Waals surface area (Å²) in [6.45, 7) is 4.27. The number of ether oxygens (including phenoxy) is 3. The van der Waals surface area contributed by atoms with Gasteiger partial charge < -0.3 is 19.1 Å². The van der Waals surface area contributed by atoms with Gasteiger partial charge in [-0.15, -0.1) is 5.10 Å². The van der Waals surface area contributed by atoms with E-state index < -0.39 is 0 Å². The van der Waals surface area contributed by atoms with Crippen molar-refractivity contribution in [2.24, 2.45) is 0 Å². The van der Waals surface area contributed by atoms with E-state index in [9.17, 15) is 4.79 Å². The van der Waals surface area contributed by atoms with Crippen molar-refractivity contribution >= 4 is 28.2 Å². The van der Waals surface area contributed by atoms with Crippen molar-refractivity contribution < 1.29 is 20.4 Å². The van der Waals surface area contributed by atoms with E-state index in [1.807, 2.05) is 17.0 Å². The Labute approximate surface area is 190 Å². The van der Waals surface area contributed by atoms with Gasteiger partial charge in [-0.25, -0.2) is 4.98 Å². The molecule has 2 aliphatic heterocycles. The molecule has 5 rings (SSSR count). The second-order valence-electron chi connectivity index (χ2n) is 7.50. The van der Waals surface area contributed by atoms with Gasteiger partial charge >= 0.3 is 0 Å². The minimum atomic E-state index is -0.359. The van der Waals surface area contributed by atoms with E-state index in [-0.39, 0.29) is 12.1 Å². The average Bonchev–Trinajstić information content (AvgIpc) is 3.25.